The lowest BCUT2D eigenvalue weighted by Gasteiger charge is -2.05. The lowest BCUT2D eigenvalue weighted by atomic mass is 10.0. The van der Waals surface area contributed by atoms with E-state index >= 15 is 0 Å². The van der Waals surface area contributed by atoms with Gasteiger partial charge in [0.15, 0.2) is 5.69 Å². The number of nitrogens with zero attached hydrogens (tertiary/aromatic N) is 4. The van der Waals surface area contributed by atoms with Gasteiger partial charge in [-0.05, 0) is 37.6 Å². The molecule has 4 aromatic rings. The van der Waals surface area contributed by atoms with Crippen LogP contribution in [0.5, 0.6) is 0 Å². The number of aromatic carboxylic acids is 1. The summed E-state index contributed by atoms with van der Waals surface area (Å²) in [5.74, 6) is -0.494. The first-order valence-corrected chi connectivity index (χ1v) is 12.0. The van der Waals surface area contributed by atoms with Crippen molar-refractivity contribution < 1.29 is 14.4 Å². The number of benzene rings is 1. The zero-order valence-electron chi connectivity index (χ0n) is 17.5. The van der Waals surface area contributed by atoms with Crippen LogP contribution in [0, 0.1) is 13.8 Å². The Kier molecular flexibility index (Phi) is 6.35. The van der Waals surface area contributed by atoms with E-state index in [0.717, 1.165) is 15.5 Å². The van der Waals surface area contributed by atoms with Crippen molar-refractivity contribution in [1.82, 2.24) is 19.9 Å². The first-order valence-electron chi connectivity index (χ1n) is 9.54. The Labute approximate surface area is 202 Å². The second-order valence-electron chi connectivity index (χ2n) is 7.28. The number of carbonyl (C=O) groups is 1. The summed E-state index contributed by atoms with van der Waals surface area (Å²) >= 11 is 15.4. The third-order valence-electron chi connectivity index (χ3n) is 4.58. The molecule has 0 aliphatic carbocycles. The Balaban J connectivity index is 1.92. The van der Waals surface area contributed by atoms with Crippen molar-refractivity contribution in [2.45, 2.75) is 37.2 Å². The van der Waals surface area contributed by atoms with E-state index in [1.165, 1.54) is 11.3 Å². The average molecular weight is 509 g/mol. The van der Waals surface area contributed by atoms with Gasteiger partial charge in [0.05, 0.1) is 21.7 Å². The fraction of sp³-hybridized carbons (Fsp3) is 0.238. The summed E-state index contributed by atoms with van der Waals surface area (Å²) in [4.78, 5) is 16.8. The second kappa shape index (κ2) is 8.90. The van der Waals surface area contributed by atoms with E-state index in [1.54, 1.807) is 47.8 Å². The van der Waals surface area contributed by atoms with E-state index in [2.05, 4.69) is 24.1 Å². The van der Waals surface area contributed by atoms with Gasteiger partial charge in [0.25, 0.3) is 0 Å². The highest BCUT2D eigenvalue weighted by Crippen LogP contribution is 2.41. The molecular weight excluding hydrogens is 491 g/mol. The van der Waals surface area contributed by atoms with E-state index < -0.39 is 5.97 Å². The zero-order chi connectivity index (χ0) is 23.2. The molecule has 0 atom stereocenters. The average Bonchev–Trinajstić information content (AvgIpc) is 3.37. The molecule has 0 amide bonds. The molecule has 0 unspecified atom stereocenters. The van der Waals surface area contributed by atoms with Crippen molar-refractivity contribution in [3.8, 4) is 27.5 Å². The number of thioether (sulfide) groups is 1. The summed E-state index contributed by atoms with van der Waals surface area (Å²) in [5, 5.41) is 19.8. The molecule has 0 saturated heterocycles. The SMILES string of the molecule is Cc1oncc1-c1nc(-n2nc(C(=O)O)c(-c3cc(Cl)cc(Cl)c3)c2C)sc1SC(C)C. The fourth-order valence-corrected chi connectivity index (χ4v) is 6.29. The molecule has 32 heavy (non-hydrogen) atoms. The van der Waals surface area contributed by atoms with Crippen LogP contribution in [0.15, 0.2) is 33.1 Å². The number of halogens is 2. The van der Waals surface area contributed by atoms with E-state index in [4.69, 9.17) is 32.7 Å². The number of hydrogen-bond acceptors (Lipinski definition) is 7. The van der Waals surface area contributed by atoms with Crippen molar-refractivity contribution in [3.05, 3.63) is 51.6 Å². The maximum absolute atomic E-state index is 12.0. The van der Waals surface area contributed by atoms with Gasteiger partial charge in [0, 0.05) is 20.9 Å². The van der Waals surface area contributed by atoms with Crippen LogP contribution in [0.3, 0.4) is 0 Å². The van der Waals surface area contributed by atoms with Crippen LogP contribution >= 0.6 is 46.3 Å². The Morgan fingerprint density at radius 3 is 2.47 bits per heavy atom. The quantitative estimate of drug-likeness (QED) is 0.287. The number of hydrogen-bond donors (Lipinski definition) is 1. The summed E-state index contributed by atoms with van der Waals surface area (Å²) in [5.41, 5.74) is 3.06. The van der Waals surface area contributed by atoms with Crippen molar-refractivity contribution >= 4 is 52.3 Å². The van der Waals surface area contributed by atoms with Gasteiger partial charge in [-0.2, -0.15) is 5.10 Å². The minimum absolute atomic E-state index is 0.100. The van der Waals surface area contributed by atoms with Crippen LogP contribution in [-0.4, -0.2) is 36.2 Å². The van der Waals surface area contributed by atoms with Crippen LogP contribution in [0.25, 0.3) is 27.5 Å². The summed E-state index contributed by atoms with van der Waals surface area (Å²) in [6.07, 6.45) is 1.64. The number of aromatic nitrogens is 4. The van der Waals surface area contributed by atoms with Crippen molar-refractivity contribution in [2.24, 2.45) is 0 Å². The fourth-order valence-electron chi connectivity index (χ4n) is 3.26. The van der Waals surface area contributed by atoms with Crippen LogP contribution < -0.4 is 0 Å². The zero-order valence-corrected chi connectivity index (χ0v) is 20.7. The Morgan fingerprint density at radius 2 is 1.91 bits per heavy atom. The van der Waals surface area contributed by atoms with Crippen molar-refractivity contribution in [2.75, 3.05) is 0 Å². The van der Waals surface area contributed by atoms with E-state index in [-0.39, 0.29) is 5.69 Å². The van der Waals surface area contributed by atoms with Gasteiger partial charge < -0.3 is 9.63 Å². The van der Waals surface area contributed by atoms with Gasteiger partial charge in [-0.25, -0.2) is 14.5 Å². The third kappa shape index (κ3) is 4.30. The Bertz CT molecular complexity index is 1310. The predicted octanol–water partition coefficient (Wildman–Crippen LogP) is 6.77. The lowest BCUT2D eigenvalue weighted by molar-refractivity contribution is 0.0691. The molecule has 0 bridgehead atoms. The van der Waals surface area contributed by atoms with Gasteiger partial charge in [-0.3, -0.25) is 0 Å². The normalized spacial score (nSPS) is 11.5. The summed E-state index contributed by atoms with van der Waals surface area (Å²) in [6.45, 7) is 7.81. The minimum Gasteiger partial charge on any atom is -0.476 e. The smallest absolute Gasteiger partial charge is 0.357 e. The number of rotatable bonds is 6. The van der Waals surface area contributed by atoms with Gasteiger partial charge in [0.2, 0.25) is 5.13 Å². The largest absolute Gasteiger partial charge is 0.476 e. The van der Waals surface area contributed by atoms with Gasteiger partial charge in [0.1, 0.15) is 11.5 Å². The minimum atomic E-state index is -1.15. The molecular formula is C21H18Cl2N4O3S2. The lowest BCUT2D eigenvalue weighted by Crippen LogP contribution is -2.02. The summed E-state index contributed by atoms with van der Waals surface area (Å²) in [6, 6.07) is 4.93. The molecule has 166 valence electrons. The number of thiazole rings is 1. The molecule has 11 heteroatoms. The summed E-state index contributed by atoms with van der Waals surface area (Å²) in [7, 11) is 0. The molecule has 7 nitrogen and oxygen atoms in total. The van der Waals surface area contributed by atoms with Crippen LogP contribution in [-0.2, 0) is 0 Å². The molecule has 3 aromatic heterocycles. The molecule has 0 saturated carbocycles. The molecule has 0 aliphatic rings. The van der Waals surface area contributed by atoms with E-state index in [9.17, 15) is 9.90 Å². The maximum atomic E-state index is 12.0. The van der Waals surface area contributed by atoms with E-state index in [1.807, 2.05) is 6.92 Å². The molecule has 3 heterocycles. The van der Waals surface area contributed by atoms with Crippen molar-refractivity contribution in [1.29, 1.82) is 0 Å². The monoisotopic (exact) mass is 508 g/mol. The highest BCUT2D eigenvalue weighted by molar-refractivity contribution is 8.01. The molecule has 0 radical (unpaired) electrons. The first-order chi connectivity index (χ1) is 15.2. The molecule has 0 fully saturated rings. The first kappa shape index (κ1) is 22.8. The molecule has 4 rings (SSSR count). The van der Waals surface area contributed by atoms with Gasteiger partial charge in [-0.15, -0.1) is 11.8 Å². The molecule has 0 spiro atoms. The molecule has 1 N–H and O–H groups in total. The highest BCUT2D eigenvalue weighted by atomic mass is 35.5. The third-order valence-corrected chi connectivity index (χ3v) is 7.26. The Morgan fingerprint density at radius 1 is 1.22 bits per heavy atom. The maximum Gasteiger partial charge on any atom is 0.357 e. The van der Waals surface area contributed by atoms with Crippen LogP contribution in [0.1, 0.15) is 35.8 Å². The highest BCUT2D eigenvalue weighted by Gasteiger charge is 2.26. The number of aryl methyl sites for hydroxylation is 1. The van der Waals surface area contributed by atoms with Gasteiger partial charge in [-0.1, -0.05) is 53.5 Å². The number of carboxylic acid groups (broad SMARTS) is 1. The van der Waals surface area contributed by atoms with Crippen molar-refractivity contribution in [3.63, 3.8) is 0 Å². The predicted molar refractivity (Wildman–Crippen MR) is 128 cm³/mol. The van der Waals surface area contributed by atoms with Crippen LogP contribution in [0.2, 0.25) is 10.0 Å². The standard InChI is InChI=1S/C21H18Cl2N4O3S2/c1-9(2)31-20-17(15-8-24-30-11(15)4)25-21(32-20)27-10(3)16(18(26-27)19(28)29)12-5-13(22)7-14(23)6-12/h5-9H,1-4H3,(H,28,29). The topological polar surface area (TPSA) is 94.0 Å². The molecule has 1 aromatic carbocycles. The Hall–Kier alpha value is -2.33. The van der Waals surface area contributed by atoms with Crippen LogP contribution in [0.4, 0.5) is 0 Å². The summed E-state index contributed by atoms with van der Waals surface area (Å²) < 4.78 is 7.76. The van der Waals surface area contributed by atoms with Gasteiger partial charge >= 0.3 is 5.97 Å². The van der Waals surface area contributed by atoms with E-state index in [0.29, 0.717) is 43.0 Å². The number of carboxylic acids is 1. The molecule has 0 aliphatic heterocycles. The second-order valence-corrected chi connectivity index (χ2v) is 11.0.